The van der Waals surface area contributed by atoms with Gasteiger partial charge in [0.1, 0.15) is 0 Å². The van der Waals surface area contributed by atoms with Gasteiger partial charge in [0.05, 0.1) is 16.6 Å². The monoisotopic (exact) mass is 244 g/mol. The van der Waals surface area contributed by atoms with Crippen molar-refractivity contribution in [3.05, 3.63) is 46.4 Å². The Morgan fingerprint density at radius 2 is 1.94 bits per heavy atom. The molecule has 4 nitrogen and oxygen atoms in total. The molecule has 0 aliphatic carbocycles. The number of rotatable bonds is 0. The summed E-state index contributed by atoms with van der Waals surface area (Å²) in [6.45, 7) is 6.11. The van der Waals surface area contributed by atoms with Crippen molar-refractivity contribution in [2.75, 3.05) is 0 Å². The van der Waals surface area contributed by atoms with Crippen molar-refractivity contribution in [3.63, 3.8) is 0 Å². The van der Waals surface area contributed by atoms with Crippen molar-refractivity contribution in [3.8, 4) is 0 Å². The zero-order valence-electron chi connectivity index (χ0n) is 10.8. The fraction of sp³-hybridized carbons (Fsp3) is 0.286. The Labute approximate surface area is 105 Å². The highest BCUT2D eigenvalue weighted by molar-refractivity contribution is 5.79. The Morgan fingerprint density at radius 3 is 2.67 bits per heavy atom. The predicted octanol–water partition coefficient (Wildman–Crippen LogP) is 3.17. The van der Waals surface area contributed by atoms with E-state index in [0.717, 1.165) is 11.2 Å². The molecule has 0 bridgehead atoms. The zero-order chi connectivity index (χ0) is 13.1. The average Bonchev–Trinajstić information content (AvgIpc) is 2.71. The normalized spacial score (nSPS) is 10.4. The van der Waals surface area contributed by atoms with Crippen molar-refractivity contribution in [2.45, 2.75) is 27.2 Å². The van der Waals surface area contributed by atoms with Gasteiger partial charge in [-0.2, -0.15) is 9.61 Å². The van der Waals surface area contributed by atoms with Gasteiger partial charge in [-0.05, 0) is 19.1 Å². The van der Waals surface area contributed by atoms with E-state index in [1.165, 1.54) is 6.42 Å². The highest BCUT2D eigenvalue weighted by Crippen LogP contribution is 2.13. The molecule has 18 heavy (non-hydrogen) atoms. The van der Waals surface area contributed by atoms with Crippen LogP contribution < -0.4 is 5.63 Å². The Kier molecular flexibility index (Phi) is 3.46. The van der Waals surface area contributed by atoms with E-state index in [1.807, 2.05) is 19.1 Å². The molecule has 2 aromatic heterocycles. The number of hydrogen-bond acceptors (Lipinski definition) is 3. The molecule has 0 aliphatic rings. The topological polar surface area (TPSA) is 47.5 Å². The second-order valence-corrected chi connectivity index (χ2v) is 4.15. The summed E-state index contributed by atoms with van der Waals surface area (Å²) in [4.78, 5) is 11.6. The lowest BCUT2D eigenvalue weighted by Crippen LogP contribution is -2.03. The smallest absolute Gasteiger partial charge is 0.347 e. The van der Waals surface area contributed by atoms with Gasteiger partial charge >= 0.3 is 5.63 Å². The summed E-state index contributed by atoms with van der Waals surface area (Å²) < 4.78 is 6.79. The second-order valence-electron chi connectivity index (χ2n) is 4.15. The first-order valence-corrected chi connectivity index (χ1v) is 6.05. The van der Waals surface area contributed by atoms with E-state index in [0.29, 0.717) is 11.1 Å². The second kappa shape index (κ2) is 5.04. The maximum atomic E-state index is 11.6. The third-order valence-corrected chi connectivity index (χ3v) is 2.35. The van der Waals surface area contributed by atoms with Gasteiger partial charge in [0.25, 0.3) is 0 Å². The average molecular weight is 244 g/mol. The van der Waals surface area contributed by atoms with Crippen molar-refractivity contribution < 1.29 is 4.42 Å². The van der Waals surface area contributed by atoms with Gasteiger partial charge in [-0.25, -0.2) is 4.79 Å². The molecule has 3 aromatic rings. The van der Waals surface area contributed by atoms with Gasteiger partial charge in [-0.15, -0.1) is 0 Å². The van der Waals surface area contributed by atoms with Crippen LogP contribution in [0.2, 0.25) is 0 Å². The molecule has 94 valence electrons. The zero-order valence-corrected chi connectivity index (χ0v) is 10.8. The van der Waals surface area contributed by atoms with Crippen LogP contribution >= 0.6 is 0 Å². The van der Waals surface area contributed by atoms with Crippen molar-refractivity contribution in [1.82, 2.24) is 9.61 Å². The number of para-hydroxylation sites is 1. The largest absolute Gasteiger partial charge is 0.404 e. The van der Waals surface area contributed by atoms with Crippen LogP contribution in [0.25, 0.3) is 16.6 Å². The predicted molar refractivity (Wildman–Crippen MR) is 71.9 cm³/mol. The highest BCUT2D eigenvalue weighted by Gasteiger charge is 2.07. The molecule has 0 spiro atoms. The van der Waals surface area contributed by atoms with E-state index in [4.69, 9.17) is 4.42 Å². The summed E-state index contributed by atoms with van der Waals surface area (Å²) in [5.74, 6) is 0. The van der Waals surface area contributed by atoms with Crippen LogP contribution in [0, 0.1) is 6.92 Å². The molecule has 0 N–H and O–H groups in total. The number of benzene rings is 1. The third kappa shape index (κ3) is 2.14. The molecule has 0 aliphatic heterocycles. The summed E-state index contributed by atoms with van der Waals surface area (Å²) in [5, 5.41) is 4.82. The molecule has 0 atom stereocenters. The maximum Gasteiger partial charge on any atom is 0.347 e. The fourth-order valence-corrected chi connectivity index (χ4v) is 1.70. The van der Waals surface area contributed by atoms with Crippen LogP contribution in [0.5, 0.6) is 0 Å². The van der Waals surface area contributed by atoms with Crippen molar-refractivity contribution in [1.29, 1.82) is 0 Å². The standard InChI is InChI=1S/C11H8N2O2.C3H8/c1-7-6-10-13(12-7)9-5-3-2-4-8(9)11(14)15-10;1-3-2/h2-6H,1H3;3H2,1-2H3. The minimum atomic E-state index is -0.321. The summed E-state index contributed by atoms with van der Waals surface area (Å²) in [5.41, 5.74) is 1.76. The minimum absolute atomic E-state index is 0.321. The summed E-state index contributed by atoms with van der Waals surface area (Å²) >= 11 is 0. The molecular weight excluding hydrogens is 228 g/mol. The summed E-state index contributed by atoms with van der Waals surface area (Å²) in [6.07, 6.45) is 1.25. The van der Waals surface area contributed by atoms with E-state index >= 15 is 0 Å². The highest BCUT2D eigenvalue weighted by atomic mass is 16.4. The van der Waals surface area contributed by atoms with Gasteiger partial charge in [0, 0.05) is 6.07 Å². The van der Waals surface area contributed by atoms with Gasteiger partial charge in [0.15, 0.2) is 0 Å². The Bertz CT molecular complexity index is 725. The van der Waals surface area contributed by atoms with Crippen LogP contribution in [-0.2, 0) is 0 Å². The summed E-state index contributed by atoms with van der Waals surface area (Å²) in [6, 6.07) is 9.01. The lowest BCUT2D eigenvalue weighted by molar-refractivity contribution is 0.543. The minimum Gasteiger partial charge on any atom is -0.404 e. The van der Waals surface area contributed by atoms with E-state index in [1.54, 1.807) is 22.7 Å². The Hall–Kier alpha value is -2.10. The number of aryl methyl sites for hydroxylation is 1. The maximum absolute atomic E-state index is 11.6. The molecule has 0 unspecified atom stereocenters. The first-order chi connectivity index (χ1) is 8.67. The van der Waals surface area contributed by atoms with E-state index in [9.17, 15) is 4.79 Å². The molecule has 0 amide bonds. The molecule has 3 rings (SSSR count). The van der Waals surface area contributed by atoms with E-state index < -0.39 is 0 Å². The van der Waals surface area contributed by atoms with Crippen LogP contribution in [0.4, 0.5) is 0 Å². The lowest BCUT2D eigenvalue weighted by Gasteiger charge is -1.97. The molecule has 2 heterocycles. The van der Waals surface area contributed by atoms with Crippen molar-refractivity contribution >= 4 is 16.6 Å². The lowest BCUT2D eigenvalue weighted by atomic mass is 10.2. The molecular formula is C14H16N2O2. The third-order valence-electron chi connectivity index (χ3n) is 2.35. The summed E-state index contributed by atoms with van der Waals surface area (Å²) in [7, 11) is 0. The first-order valence-electron chi connectivity index (χ1n) is 6.05. The van der Waals surface area contributed by atoms with Crippen LogP contribution in [0.1, 0.15) is 26.0 Å². The van der Waals surface area contributed by atoms with Gasteiger partial charge in [-0.3, -0.25) is 0 Å². The SMILES string of the molecule is CCC.Cc1cc2oc(=O)c3ccccc3n2n1. The van der Waals surface area contributed by atoms with Gasteiger partial charge < -0.3 is 4.42 Å². The molecule has 0 radical (unpaired) electrons. The molecule has 4 heteroatoms. The quantitative estimate of drug-likeness (QED) is 0.610. The number of nitrogens with zero attached hydrogens (tertiary/aromatic N) is 2. The Balaban J connectivity index is 0.000000367. The molecule has 1 aromatic carbocycles. The van der Waals surface area contributed by atoms with E-state index in [-0.39, 0.29) is 5.63 Å². The molecule has 0 saturated carbocycles. The first kappa shape index (κ1) is 12.4. The van der Waals surface area contributed by atoms with Crippen LogP contribution in [0.3, 0.4) is 0 Å². The number of aromatic nitrogens is 2. The Morgan fingerprint density at radius 1 is 1.28 bits per heavy atom. The van der Waals surface area contributed by atoms with E-state index in [2.05, 4.69) is 18.9 Å². The number of hydrogen-bond donors (Lipinski definition) is 0. The molecule has 0 saturated heterocycles. The fourth-order valence-electron chi connectivity index (χ4n) is 1.70. The van der Waals surface area contributed by atoms with Gasteiger partial charge in [-0.1, -0.05) is 32.4 Å². The van der Waals surface area contributed by atoms with Gasteiger partial charge in [0.2, 0.25) is 5.71 Å². The van der Waals surface area contributed by atoms with Crippen molar-refractivity contribution in [2.24, 2.45) is 0 Å². The van der Waals surface area contributed by atoms with Crippen LogP contribution in [-0.4, -0.2) is 9.61 Å². The van der Waals surface area contributed by atoms with Crippen LogP contribution in [0.15, 0.2) is 39.5 Å². The number of fused-ring (bicyclic) bond motifs is 3. The molecule has 0 fully saturated rings.